The number of nitrogens with two attached hydrogens (primary N) is 1. The van der Waals surface area contributed by atoms with Gasteiger partial charge in [-0.3, -0.25) is 0 Å². The Morgan fingerprint density at radius 1 is 1.11 bits per heavy atom. The lowest BCUT2D eigenvalue weighted by Gasteiger charge is -2.25. The summed E-state index contributed by atoms with van der Waals surface area (Å²) in [4.78, 5) is 2.10. The smallest absolute Gasteiger partial charge is 0.125 e. The van der Waals surface area contributed by atoms with Crippen molar-refractivity contribution < 1.29 is 4.39 Å². The molecule has 0 amide bonds. The summed E-state index contributed by atoms with van der Waals surface area (Å²) in [6.45, 7) is 4.08. The van der Waals surface area contributed by atoms with E-state index in [9.17, 15) is 4.39 Å². The maximum atomic E-state index is 13.3. The van der Waals surface area contributed by atoms with E-state index in [1.807, 2.05) is 18.2 Å². The first-order chi connectivity index (χ1) is 9.20. The number of benzene rings is 2. The van der Waals surface area contributed by atoms with Gasteiger partial charge in [-0.2, -0.15) is 0 Å². The van der Waals surface area contributed by atoms with E-state index in [4.69, 9.17) is 5.73 Å². The monoisotopic (exact) mass is 258 g/mol. The second-order valence-electron chi connectivity index (χ2n) is 4.62. The summed E-state index contributed by atoms with van der Waals surface area (Å²) in [7, 11) is 0. The molecule has 0 aliphatic rings. The van der Waals surface area contributed by atoms with Gasteiger partial charge in [-0.15, -0.1) is 0 Å². The molecule has 19 heavy (non-hydrogen) atoms. The van der Waals surface area contributed by atoms with Gasteiger partial charge >= 0.3 is 0 Å². The summed E-state index contributed by atoms with van der Waals surface area (Å²) in [6, 6.07) is 14.9. The number of nitrogens with zero attached hydrogens (tertiary/aromatic N) is 1. The number of hydrogen-bond acceptors (Lipinski definition) is 2. The Kier molecular flexibility index (Phi) is 4.53. The predicted octanol–water partition coefficient (Wildman–Crippen LogP) is 3.10. The van der Waals surface area contributed by atoms with Gasteiger partial charge in [0.1, 0.15) is 5.82 Å². The SMILES string of the molecule is Cc1ccccc1CN(CCN)c1cccc(F)c1. The van der Waals surface area contributed by atoms with Crippen molar-refractivity contribution in [2.75, 3.05) is 18.0 Å². The molecule has 0 aliphatic heterocycles. The summed E-state index contributed by atoms with van der Waals surface area (Å²) in [5.41, 5.74) is 9.00. The number of rotatable bonds is 5. The van der Waals surface area contributed by atoms with Crippen LogP contribution in [-0.4, -0.2) is 13.1 Å². The average Bonchev–Trinajstić information content (AvgIpc) is 2.40. The van der Waals surface area contributed by atoms with E-state index >= 15 is 0 Å². The molecule has 2 rings (SSSR count). The van der Waals surface area contributed by atoms with Gasteiger partial charge in [-0.05, 0) is 36.2 Å². The minimum absolute atomic E-state index is 0.218. The molecule has 0 saturated heterocycles. The van der Waals surface area contributed by atoms with E-state index in [1.54, 1.807) is 12.1 Å². The van der Waals surface area contributed by atoms with Crippen LogP contribution in [0.3, 0.4) is 0 Å². The maximum absolute atomic E-state index is 13.3. The molecule has 0 saturated carbocycles. The molecule has 0 heterocycles. The Morgan fingerprint density at radius 2 is 1.89 bits per heavy atom. The van der Waals surface area contributed by atoms with Crippen LogP contribution in [0.2, 0.25) is 0 Å². The zero-order chi connectivity index (χ0) is 13.7. The summed E-state index contributed by atoms with van der Waals surface area (Å²) in [5, 5.41) is 0. The van der Waals surface area contributed by atoms with E-state index < -0.39 is 0 Å². The fraction of sp³-hybridized carbons (Fsp3) is 0.250. The zero-order valence-corrected chi connectivity index (χ0v) is 11.1. The summed E-state index contributed by atoms with van der Waals surface area (Å²) in [6.07, 6.45) is 0. The third kappa shape index (κ3) is 3.55. The summed E-state index contributed by atoms with van der Waals surface area (Å²) >= 11 is 0. The van der Waals surface area contributed by atoms with Gasteiger partial charge in [0.25, 0.3) is 0 Å². The van der Waals surface area contributed by atoms with Crippen LogP contribution in [0.1, 0.15) is 11.1 Å². The van der Waals surface area contributed by atoms with Gasteiger partial charge in [-0.25, -0.2) is 4.39 Å². The topological polar surface area (TPSA) is 29.3 Å². The first-order valence-electron chi connectivity index (χ1n) is 6.46. The highest BCUT2D eigenvalue weighted by Crippen LogP contribution is 2.19. The fourth-order valence-corrected chi connectivity index (χ4v) is 2.12. The van der Waals surface area contributed by atoms with E-state index in [0.29, 0.717) is 13.1 Å². The Morgan fingerprint density at radius 3 is 2.58 bits per heavy atom. The van der Waals surface area contributed by atoms with Crippen molar-refractivity contribution in [2.24, 2.45) is 5.73 Å². The van der Waals surface area contributed by atoms with Gasteiger partial charge in [0.2, 0.25) is 0 Å². The van der Waals surface area contributed by atoms with Crippen LogP contribution in [0.5, 0.6) is 0 Å². The van der Waals surface area contributed by atoms with Crippen molar-refractivity contribution in [1.82, 2.24) is 0 Å². The van der Waals surface area contributed by atoms with Crippen LogP contribution in [0, 0.1) is 12.7 Å². The molecule has 0 fully saturated rings. The van der Waals surface area contributed by atoms with E-state index in [1.165, 1.54) is 17.2 Å². The molecule has 2 aromatic rings. The molecule has 0 aliphatic carbocycles. The fourth-order valence-electron chi connectivity index (χ4n) is 2.12. The normalized spacial score (nSPS) is 10.5. The van der Waals surface area contributed by atoms with E-state index in [-0.39, 0.29) is 5.82 Å². The van der Waals surface area contributed by atoms with E-state index in [2.05, 4.69) is 24.0 Å². The summed E-state index contributed by atoms with van der Waals surface area (Å²) < 4.78 is 13.3. The van der Waals surface area contributed by atoms with Crippen LogP contribution < -0.4 is 10.6 Å². The molecule has 0 radical (unpaired) electrons. The van der Waals surface area contributed by atoms with Crippen LogP contribution in [0.25, 0.3) is 0 Å². The highest BCUT2D eigenvalue weighted by atomic mass is 19.1. The van der Waals surface area contributed by atoms with Crippen LogP contribution in [-0.2, 0) is 6.54 Å². The lowest BCUT2D eigenvalue weighted by Crippen LogP contribution is -2.29. The number of halogens is 1. The molecule has 2 N–H and O–H groups in total. The molecule has 0 atom stereocenters. The summed E-state index contributed by atoms with van der Waals surface area (Å²) in [5.74, 6) is -0.218. The molecule has 3 heteroatoms. The quantitative estimate of drug-likeness (QED) is 0.893. The third-order valence-electron chi connectivity index (χ3n) is 3.19. The van der Waals surface area contributed by atoms with Gasteiger partial charge in [0.05, 0.1) is 0 Å². The molecule has 2 nitrogen and oxygen atoms in total. The molecule has 2 aromatic carbocycles. The van der Waals surface area contributed by atoms with Crippen molar-refractivity contribution >= 4 is 5.69 Å². The van der Waals surface area contributed by atoms with Gasteiger partial charge in [-0.1, -0.05) is 30.3 Å². The molecule has 0 spiro atoms. The maximum Gasteiger partial charge on any atom is 0.125 e. The largest absolute Gasteiger partial charge is 0.366 e. The number of aryl methyl sites for hydroxylation is 1. The van der Waals surface area contributed by atoms with Crippen molar-refractivity contribution in [3.05, 3.63) is 65.5 Å². The Balaban J connectivity index is 2.24. The Bertz CT molecular complexity index is 540. The zero-order valence-electron chi connectivity index (χ0n) is 11.1. The van der Waals surface area contributed by atoms with Gasteiger partial charge < -0.3 is 10.6 Å². The molecular formula is C16H19FN2. The van der Waals surface area contributed by atoms with Crippen molar-refractivity contribution in [3.63, 3.8) is 0 Å². The van der Waals surface area contributed by atoms with Gasteiger partial charge in [0, 0.05) is 25.3 Å². The van der Waals surface area contributed by atoms with Crippen molar-refractivity contribution in [3.8, 4) is 0 Å². The highest BCUT2D eigenvalue weighted by molar-refractivity contribution is 5.47. The molecular weight excluding hydrogens is 239 g/mol. The highest BCUT2D eigenvalue weighted by Gasteiger charge is 2.08. The number of hydrogen-bond donors (Lipinski definition) is 1. The van der Waals surface area contributed by atoms with Crippen LogP contribution in [0.15, 0.2) is 48.5 Å². The molecule has 100 valence electrons. The minimum Gasteiger partial charge on any atom is -0.366 e. The molecule has 0 unspecified atom stereocenters. The second-order valence-corrected chi connectivity index (χ2v) is 4.62. The minimum atomic E-state index is -0.218. The van der Waals surface area contributed by atoms with Crippen molar-refractivity contribution in [2.45, 2.75) is 13.5 Å². The standard InChI is InChI=1S/C16H19FN2/c1-13-5-2-3-6-14(13)12-19(10-9-18)16-8-4-7-15(17)11-16/h2-8,11H,9-10,12,18H2,1H3. The lowest BCUT2D eigenvalue weighted by atomic mass is 10.1. The second kappa shape index (κ2) is 6.34. The molecule has 0 aromatic heterocycles. The van der Waals surface area contributed by atoms with Crippen molar-refractivity contribution in [1.29, 1.82) is 0 Å². The third-order valence-corrected chi connectivity index (χ3v) is 3.19. The Labute approximate surface area is 113 Å². The van der Waals surface area contributed by atoms with Gasteiger partial charge in [0.15, 0.2) is 0 Å². The van der Waals surface area contributed by atoms with Crippen LogP contribution >= 0.6 is 0 Å². The number of anilines is 1. The van der Waals surface area contributed by atoms with Crippen LogP contribution in [0.4, 0.5) is 10.1 Å². The average molecular weight is 258 g/mol. The first kappa shape index (κ1) is 13.6. The molecule has 0 bridgehead atoms. The Hall–Kier alpha value is -1.87. The van der Waals surface area contributed by atoms with E-state index in [0.717, 1.165) is 12.2 Å². The predicted molar refractivity (Wildman–Crippen MR) is 77.7 cm³/mol. The first-order valence-corrected chi connectivity index (χ1v) is 6.46. The lowest BCUT2D eigenvalue weighted by molar-refractivity contribution is 0.626.